The Labute approximate surface area is 230 Å². The number of likely N-dealkylation sites (tertiary alicyclic amines) is 1. The second-order valence-electron chi connectivity index (χ2n) is 9.70. The predicted octanol–water partition coefficient (Wildman–Crippen LogP) is 3.38. The summed E-state index contributed by atoms with van der Waals surface area (Å²) in [6, 6.07) is 15.1. The summed E-state index contributed by atoms with van der Waals surface area (Å²) in [6.07, 6.45) is 1.91. The maximum atomic E-state index is 13.1. The van der Waals surface area contributed by atoms with Crippen molar-refractivity contribution in [3.05, 3.63) is 59.1 Å². The van der Waals surface area contributed by atoms with Crippen LogP contribution in [-0.4, -0.2) is 66.7 Å². The molecule has 0 aliphatic carbocycles. The number of rotatable bonds is 8. The second kappa shape index (κ2) is 11.8. The molecule has 204 valence electrons. The fourth-order valence-corrected chi connectivity index (χ4v) is 5.88. The van der Waals surface area contributed by atoms with Crippen molar-refractivity contribution in [3.63, 3.8) is 0 Å². The van der Waals surface area contributed by atoms with Crippen molar-refractivity contribution in [2.75, 3.05) is 44.1 Å². The number of ether oxygens (including phenoxy) is 2. The molecule has 0 spiro atoms. The molecule has 0 radical (unpaired) electrons. The van der Waals surface area contributed by atoms with E-state index in [1.807, 2.05) is 48.5 Å². The second-order valence-corrected chi connectivity index (χ2v) is 10.8. The highest BCUT2D eigenvalue weighted by atomic mass is 32.1. The number of carbonyl (C=O) groups excluding carboxylic acids is 3. The Balaban J connectivity index is 1.11. The zero-order valence-electron chi connectivity index (χ0n) is 22.0. The lowest BCUT2D eigenvalue weighted by atomic mass is 9.94. The fraction of sp³-hybridized carbons (Fsp3) is 0.393. The zero-order chi connectivity index (χ0) is 27.4. The predicted molar refractivity (Wildman–Crippen MR) is 147 cm³/mol. The number of hydrogen-bond donors (Lipinski definition) is 1. The third-order valence-electron chi connectivity index (χ3n) is 7.22. The topological polar surface area (TPSA) is 114 Å². The van der Waals surface area contributed by atoms with E-state index in [1.54, 1.807) is 24.0 Å². The summed E-state index contributed by atoms with van der Waals surface area (Å²) in [5.41, 5.74) is 1.81. The van der Waals surface area contributed by atoms with E-state index < -0.39 is 0 Å². The van der Waals surface area contributed by atoms with Gasteiger partial charge in [-0.2, -0.15) is 0 Å². The average Bonchev–Trinajstić information content (AvgIpc) is 3.58. The van der Waals surface area contributed by atoms with Gasteiger partial charge in [0.2, 0.25) is 22.9 Å². The molecule has 2 aliphatic rings. The number of amides is 3. The Morgan fingerprint density at radius 3 is 2.46 bits per heavy atom. The molecule has 11 heteroatoms. The lowest BCUT2D eigenvalue weighted by molar-refractivity contribution is -0.138. The lowest BCUT2D eigenvalue weighted by Gasteiger charge is -2.32. The number of carbonyl (C=O) groups is 3. The van der Waals surface area contributed by atoms with Gasteiger partial charge in [0.05, 0.1) is 20.1 Å². The lowest BCUT2D eigenvalue weighted by Crippen LogP contribution is -2.44. The van der Waals surface area contributed by atoms with Crippen molar-refractivity contribution in [2.45, 2.75) is 25.7 Å². The number of aromatic nitrogens is 2. The average molecular weight is 550 g/mol. The number of nitrogens with zero attached hydrogens (tertiary/aromatic N) is 4. The summed E-state index contributed by atoms with van der Waals surface area (Å²) >= 11 is 1.34. The van der Waals surface area contributed by atoms with E-state index in [0.717, 1.165) is 16.3 Å². The molecule has 39 heavy (non-hydrogen) atoms. The summed E-state index contributed by atoms with van der Waals surface area (Å²) in [5.74, 6) is 0.589. The van der Waals surface area contributed by atoms with Crippen LogP contribution in [0.4, 0.5) is 10.8 Å². The molecule has 2 fully saturated rings. The van der Waals surface area contributed by atoms with Gasteiger partial charge in [0, 0.05) is 44.1 Å². The Morgan fingerprint density at radius 1 is 1.00 bits per heavy atom. The normalized spacial score (nSPS) is 17.8. The summed E-state index contributed by atoms with van der Waals surface area (Å²) in [5, 5.41) is 12.5. The molecule has 1 atom stereocenters. The molecule has 0 saturated carbocycles. The standard InChI is InChI=1S/C28H31N5O5S/c1-37-22-9-8-18(14-23(22)38-2)15-24-30-31-28(39-24)29-26(35)19-10-12-32(13-11-19)27(36)20-16-25(34)33(17-20)21-6-4-3-5-7-21/h3-9,14,19-20H,10-13,15-17H2,1-2H3,(H,29,31,35). The van der Waals surface area contributed by atoms with Crippen LogP contribution in [0.5, 0.6) is 11.5 Å². The van der Waals surface area contributed by atoms with Crippen molar-refractivity contribution in [1.29, 1.82) is 0 Å². The number of para-hydroxylation sites is 1. The van der Waals surface area contributed by atoms with Crippen LogP contribution in [0.15, 0.2) is 48.5 Å². The zero-order valence-corrected chi connectivity index (χ0v) is 22.8. The molecule has 2 saturated heterocycles. The maximum Gasteiger partial charge on any atom is 0.229 e. The molecule has 3 heterocycles. The monoisotopic (exact) mass is 549 g/mol. The summed E-state index contributed by atoms with van der Waals surface area (Å²) in [4.78, 5) is 42.0. The SMILES string of the molecule is COc1ccc(Cc2nnc(NC(=O)C3CCN(C(=O)C4CC(=O)N(c5ccccc5)C4)CC3)s2)cc1OC. The van der Waals surface area contributed by atoms with Crippen LogP contribution in [-0.2, 0) is 20.8 Å². The largest absolute Gasteiger partial charge is 0.493 e. The van der Waals surface area contributed by atoms with Crippen LogP contribution in [0.1, 0.15) is 29.8 Å². The van der Waals surface area contributed by atoms with Crippen molar-refractivity contribution in [2.24, 2.45) is 11.8 Å². The van der Waals surface area contributed by atoms with Gasteiger partial charge in [0.25, 0.3) is 0 Å². The van der Waals surface area contributed by atoms with E-state index in [0.29, 0.717) is 55.5 Å². The van der Waals surface area contributed by atoms with Crippen molar-refractivity contribution in [3.8, 4) is 11.5 Å². The van der Waals surface area contributed by atoms with Gasteiger partial charge in [-0.25, -0.2) is 0 Å². The minimum Gasteiger partial charge on any atom is -0.493 e. The number of benzene rings is 2. The number of methoxy groups -OCH3 is 2. The van der Waals surface area contributed by atoms with Crippen LogP contribution in [0.3, 0.4) is 0 Å². The first-order valence-corrected chi connectivity index (χ1v) is 13.7. The van der Waals surface area contributed by atoms with Crippen molar-refractivity contribution >= 4 is 39.9 Å². The van der Waals surface area contributed by atoms with Gasteiger partial charge in [-0.15, -0.1) is 10.2 Å². The molecule has 2 aromatic carbocycles. The molecule has 0 bridgehead atoms. The smallest absolute Gasteiger partial charge is 0.229 e. The first-order valence-electron chi connectivity index (χ1n) is 12.9. The van der Waals surface area contributed by atoms with Gasteiger partial charge in [0.15, 0.2) is 11.5 Å². The Kier molecular flexibility index (Phi) is 8.06. The van der Waals surface area contributed by atoms with Crippen LogP contribution in [0.25, 0.3) is 0 Å². The molecule has 3 aromatic rings. The Hall–Kier alpha value is -3.99. The van der Waals surface area contributed by atoms with Gasteiger partial charge in [0.1, 0.15) is 5.01 Å². The quantitative estimate of drug-likeness (QED) is 0.458. The number of hydrogen-bond acceptors (Lipinski definition) is 8. The van der Waals surface area contributed by atoms with Gasteiger partial charge < -0.3 is 24.6 Å². The molecule has 1 aromatic heterocycles. The van der Waals surface area contributed by atoms with Crippen LogP contribution >= 0.6 is 11.3 Å². The summed E-state index contributed by atoms with van der Waals surface area (Å²) in [6.45, 7) is 1.38. The van der Waals surface area contributed by atoms with Gasteiger partial charge in [-0.1, -0.05) is 35.6 Å². The van der Waals surface area contributed by atoms with E-state index in [1.165, 1.54) is 11.3 Å². The fourth-order valence-electron chi connectivity index (χ4n) is 5.10. The van der Waals surface area contributed by atoms with Crippen molar-refractivity contribution in [1.82, 2.24) is 15.1 Å². The highest BCUT2D eigenvalue weighted by molar-refractivity contribution is 7.15. The number of nitrogens with one attached hydrogen (secondary N) is 1. The third kappa shape index (κ3) is 6.03. The van der Waals surface area contributed by atoms with Crippen LogP contribution in [0, 0.1) is 11.8 Å². The highest BCUT2D eigenvalue weighted by Crippen LogP contribution is 2.30. The van der Waals surface area contributed by atoms with E-state index >= 15 is 0 Å². The number of piperidine rings is 1. The molecular formula is C28H31N5O5S. The first kappa shape index (κ1) is 26.6. The molecule has 10 nitrogen and oxygen atoms in total. The van der Waals surface area contributed by atoms with Gasteiger partial charge in [-0.3, -0.25) is 14.4 Å². The summed E-state index contributed by atoms with van der Waals surface area (Å²) < 4.78 is 10.6. The highest BCUT2D eigenvalue weighted by Gasteiger charge is 2.38. The minimum atomic E-state index is -0.353. The molecule has 1 N–H and O–H groups in total. The van der Waals surface area contributed by atoms with E-state index in [-0.39, 0.29) is 36.0 Å². The first-order chi connectivity index (χ1) is 18.9. The molecule has 5 rings (SSSR count). The van der Waals surface area contributed by atoms with Crippen LogP contribution in [0.2, 0.25) is 0 Å². The molecule has 1 unspecified atom stereocenters. The number of anilines is 2. The van der Waals surface area contributed by atoms with E-state index in [2.05, 4.69) is 15.5 Å². The van der Waals surface area contributed by atoms with Gasteiger partial charge in [-0.05, 0) is 42.7 Å². The van der Waals surface area contributed by atoms with Crippen LogP contribution < -0.4 is 19.7 Å². The maximum absolute atomic E-state index is 13.1. The van der Waals surface area contributed by atoms with Crippen molar-refractivity contribution < 1.29 is 23.9 Å². The third-order valence-corrected chi connectivity index (χ3v) is 8.06. The molecule has 2 aliphatic heterocycles. The molecule has 3 amide bonds. The molecular weight excluding hydrogens is 518 g/mol. The summed E-state index contributed by atoms with van der Waals surface area (Å²) in [7, 11) is 3.19. The van der Waals surface area contributed by atoms with E-state index in [4.69, 9.17) is 9.47 Å². The van der Waals surface area contributed by atoms with E-state index in [9.17, 15) is 14.4 Å². The Bertz CT molecular complexity index is 1340. The minimum absolute atomic E-state index is 0.00966. The Morgan fingerprint density at radius 2 is 1.74 bits per heavy atom. The van der Waals surface area contributed by atoms with Gasteiger partial charge >= 0.3 is 0 Å².